The largest absolute Gasteiger partial charge is 0.455 e. The van der Waals surface area contributed by atoms with Crippen molar-refractivity contribution >= 4 is 16.1 Å². The summed E-state index contributed by atoms with van der Waals surface area (Å²) in [6, 6.07) is 2.23. The predicted octanol–water partition coefficient (Wildman–Crippen LogP) is 5.80. The van der Waals surface area contributed by atoms with Crippen molar-refractivity contribution < 1.29 is 92.7 Å². The summed E-state index contributed by atoms with van der Waals surface area (Å²) in [6.07, 6.45) is -5.97. The van der Waals surface area contributed by atoms with Crippen LogP contribution in [0, 0.1) is 0 Å². The maximum atomic E-state index is 13.8. The lowest BCUT2D eigenvalue weighted by molar-refractivity contribution is -0.447. The summed E-state index contributed by atoms with van der Waals surface area (Å²) in [4.78, 5) is 10.3. The second-order valence-corrected chi connectivity index (χ2v) is 8.44. The van der Waals surface area contributed by atoms with Gasteiger partial charge < -0.3 is 4.74 Å². The highest BCUT2D eigenvalue weighted by atomic mass is 32.2. The molecule has 220 valence electrons. The van der Waals surface area contributed by atoms with Crippen LogP contribution in [0.5, 0.6) is 0 Å². The quantitative estimate of drug-likeness (QED) is 0.193. The van der Waals surface area contributed by atoms with Gasteiger partial charge in [-0.05, 0) is 12.1 Å². The van der Waals surface area contributed by atoms with Crippen LogP contribution >= 0.6 is 0 Å². The van der Waals surface area contributed by atoms with Crippen LogP contribution in [0.4, 0.5) is 70.2 Å². The van der Waals surface area contributed by atoms with E-state index < -0.39 is 81.0 Å². The molecule has 0 unspecified atom stereocenters. The summed E-state index contributed by atoms with van der Waals surface area (Å²) in [5.41, 5.74) is -1.45. The van der Waals surface area contributed by atoms with Crippen molar-refractivity contribution in [1.82, 2.24) is 0 Å². The van der Waals surface area contributed by atoms with E-state index in [4.69, 9.17) is 4.55 Å². The standard InChI is InChI=1S/C16H8F16O5S/c17-9(18)11(21,22)13(25,26)15(29,30)16(31,32)14(27,28)12(23,24)10(19,20)5-37-8(33)6-3-1-2-4-7(6)38(34,35)36/h1-4,9H,5H2,(H,34,35,36). The number of alkyl halides is 16. The summed E-state index contributed by atoms with van der Waals surface area (Å²) in [5.74, 6) is -58.8. The Balaban J connectivity index is 3.45. The topological polar surface area (TPSA) is 80.7 Å². The first-order valence-corrected chi connectivity index (χ1v) is 10.2. The Labute approximate surface area is 199 Å². The minimum Gasteiger partial charge on any atom is -0.455 e. The van der Waals surface area contributed by atoms with Crippen LogP contribution in [0.2, 0.25) is 0 Å². The van der Waals surface area contributed by atoms with E-state index in [0.29, 0.717) is 12.1 Å². The smallest absolute Gasteiger partial charge is 0.385 e. The van der Waals surface area contributed by atoms with Crippen molar-refractivity contribution in [2.24, 2.45) is 0 Å². The second-order valence-electron chi connectivity index (χ2n) is 7.05. The number of ether oxygens (including phenoxy) is 1. The Morgan fingerprint density at radius 2 is 1.13 bits per heavy atom. The molecule has 0 aliphatic carbocycles. The number of esters is 1. The molecule has 0 bridgehead atoms. The fraction of sp³-hybridized carbons (Fsp3) is 0.562. The van der Waals surface area contributed by atoms with Gasteiger partial charge in [0.15, 0.2) is 6.61 Å². The molecule has 1 N–H and O–H groups in total. The van der Waals surface area contributed by atoms with Crippen molar-refractivity contribution in [2.45, 2.75) is 52.8 Å². The van der Waals surface area contributed by atoms with Gasteiger partial charge in [0, 0.05) is 0 Å². The highest BCUT2D eigenvalue weighted by Gasteiger charge is 2.93. The van der Waals surface area contributed by atoms with E-state index in [2.05, 4.69) is 4.74 Å². The van der Waals surface area contributed by atoms with Gasteiger partial charge in [-0.2, -0.15) is 69.9 Å². The fourth-order valence-electron chi connectivity index (χ4n) is 2.35. The van der Waals surface area contributed by atoms with Crippen LogP contribution in [0.15, 0.2) is 29.2 Å². The Morgan fingerprint density at radius 3 is 1.55 bits per heavy atom. The minimum absolute atomic E-state index is 0.344. The Hall–Kier alpha value is -2.52. The maximum Gasteiger partial charge on any atom is 0.385 e. The van der Waals surface area contributed by atoms with Gasteiger partial charge in [0.2, 0.25) is 0 Å². The van der Waals surface area contributed by atoms with E-state index in [9.17, 15) is 83.5 Å². The molecular weight excluding hydrogens is 608 g/mol. The molecule has 0 aliphatic heterocycles. The molecule has 22 heteroatoms. The molecule has 1 aromatic rings. The molecule has 0 radical (unpaired) electrons. The third-order valence-electron chi connectivity index (χ3n) is 4.50. The molecule has 0 spiro atoms. The van der Waals surface area contributed by atoms with Crippen LogP contribution in [0.25, 0.3) is 0 Å². The molecule has 0 aromatic heterocycles. The van der Waals surface area contributed by atoms with E-state index in [1.807, 2.05) is 0 Å². The van der Waals surface area contributed by atoms with E-state index in [1.165, 1.54) is 0 Å². The molecule has 1 rings (SSSR count). The lowest BCUT2D eigenvalue weighted by atomic mass is 9.89. The SMILES string of the molecule is O=C(OCC(F)(F)C(F)(F)C(F)(F)C(F)(F)C(F)(F)C(F)(F)C(F)(F)C(F)F)c1ccccc1S(=O)(=O)O. The van der Waals surface area contributed by atoms with Gasteiger partial charge in [-0.1, -0.05) is 12.1 Å². The van der Waals surface area contributed by atoms with Crippen LogP contribution in [0.3, 0.4) is 0 Å². The van der Waals surface area contributed by atoms with Gasteiger partial charge in [0.1, 0.15) is 4.90 Å². The lowest BCUT2D eigenvalue weighted by Gasteiger charge is -2.42. The van der Waals surface area contributed by atoms with Crippen molar-refractivity contribution in [3.8, 4) is 0 Å². The Bertz CT molecular complexity index is 1150. The Morgan fingerprint density at radius 1 is 0.737 bits per heavy atom. The molecule has 0 saturated carbocycles. The van der Waals surface area contributed by atoms with Gasteiger partial charge in [0.25, 0.3) is 10.1 Å². The monoisotopic (exact) mass is 616 g/mol. The molecule has 0 heterocycles. The van der Waals surface area contributed by atoms with Gasteiger partial charge in [0.05, 0.1) is 5.56 Å². The summed E-state index contributed by atoms with van der Waals surface area (Å²) < 4.78 is 247. The van der Waals surface area contributed by atoms with Gasteiger partial charge in [-0.3, -0.25) is 4.55 Å². The first kappa shape index (κ1) is 33.5. The van der Waals surface area contributed by atoms with Crippen molar-refractivity contribution in [3.63, 3.8) is 0 Å². The molecule has 0 saturated heterocycles. The van der Waals surface area contributed by atoms with Crippen LogP contribution < -0.4 is 0 Å². The molecule has 38 heavy (non-hydrogen) atoms. The second kappa shape index (κ2) is 9.59. The summed E-state index contributed by atoms with van der Waals surface area (Å²) in [5, 5.41) is 0. The van der Waals surface area contributed by atoms with Crippen LogP contribution in [-0.4, -0.2) is 73.4 Å². The zero-order valence-corrected chi connectivity index (χ0v) is 17.9. The summed E-state index contributed by atoms with van der Waals surface area (Å²) in [7, 11) is -5.38. The molecule has 0 fully saturated rings. The average molecular weight is 616 g/mol. The van der Waals surface area contributed by atoms with Gasteiger partial charge >= 0.3 is 53.9 Å². The first-order valence-electron chi connectivity index (χ1n) is 8.72. The van der Waals surface area contributed by atoms with E-state index in [1.54, 1.807) is 0 Å². The highest BCUT2D eigenvalue weighted by Crippen LogP contribution is 2.62. The third kappa shape index (κ3) is 4.95. The normalized spacial score (nSPS) is 15.1. The average Bonchev–Trinajstić information content (AvgIpc) is 2.75. The van der Waals surface area contributed by atoms with E-state index in [-0.39, 0.29) is 0 Å². The van der Waals surface area contributed by atoms with E-state index in [0.717, 1.165) is 12.1 Å². The Kier molecular flexibility index (Phi) is 8.46. The number of hydrogen-bond acceptors (Lipinski definition) is 4. The van der Waals surface area contributed by atoms with E-state index >= 15 is 0 Å². The predicted molar refractivity (Wildman–Crippen MR) is 87.2 cm³/mol. The summed E-state index contributed by atoms with van der Waals surface area (Å²) in [6.45, 7) is -3.50. The lowest BCUT2D eigenvalue weighted by Crippen LogP contribution is -2.74. The molecule has 0 aliphatic rings. The molecule has 0 atom stereocenters. The third-order valence-corrected chi connectivity index (χ3v) is 5.41. The van der Waals surface area contributed by atoms with Crippen molar-refractivity contribution in [1.29, 1.82) is 0 Å². The van der Waals surface area contributed by atoms with Crippen LogP contribution in [-0.2, 0) is 14.9 Å². The minimum atomic E-state index is -8.61. The number of carbonyl (C=O) groups excluding carboxylic acids is 1. The molecular formula is C16H8F16O5S. The number of hydrogen-bond donors (Lipinski definition) is 1. The molecule has 1 aromatic carbocycles. The van der Waals surface area contributed by atoms with Crippen molar-refractivity contribution in [2.75, 3.05) is 6.61 Å². The number of carbonyl (C=O) groups is 1. The fourth-order valence-corrected chi connectivity index (χ4v) is 3.03. The number of benzene rings is 1. The number of halogens is 16. The molecule has 5 nitrogen and oxygen atoms in total. The van der Waals surface area contributed by atoms with Crippen molar-refractivity contribution in [3.05, 3.63) is 29.8 Å². The molecule has 0 amide bonds. The zero-order valence-electron chi connectivity index (χ0n) is 17.1. The summed E-state index contributed by atoms with van der Waals surface area (Å²) >= 11 is 0. The van der Waals surface area contributed by atoms with Crippen LogP contribution in [0.1, 0.15) is 10.4 Å². The number of rotatable bonds is 11. The first-order chi connectivity index (χ1) is 16.6. The zero-order chi connectivity index (χ0) is 30.6. The van der Waals surface area contributed by atoms with Gasteiger partial charge in [-0.25, -0.2) is 13.6 Å². The highest BCUT2D eigenvalue weighted by molar-refractivity contribution is 7.86. The maximum absolute atomic E-state index is 13.8. The van der Waals surface area contributed by atoms with Gasteiger partial charge in [-0.15, -0.1) is 0 Å².